The molecule has 0 saturated heterocycles. The van der Waals surface area contributed by atoms with Gasteiger partial charge < -0.3 is 4.74 Å². The van der Waals surface area contributed by atoms with E-state index >= 15 is 0 Å². The highest BCUT2D eigenvalue weighted by Crippen LogP contribution is 2.27. The molecule has 0 saturated carbocycles. The maximum Gasteiger partial charge on any atom is 0.411 e. The quantitative estimate of drug-likeness (QED) is 0.698. The lowest BCUT2D eigenvalue weighted by atomic mass is 9.99. The summed E-state index contributed by atoms with van der Waals surface area (Å²) >= 11 is 0. The Morgan fingerprint density at radius 1 is 1.04 bits per heavy atom. The van der Waals surface area contributed by atoms with Gasteiger partial charge in [0.2, 0.25) is 0 Å². The number of nitriles is 1. The van der Waals surface area contributed by atoms with Crippen molar-refractivity contribution in [3.05, 3.63) is 83.9 Å². The average molecular weight is 330 g/mol. The number of carbonyl (C=O) groups excluding carboxylic acids is 1. The highest BCUT2D eigenvalue weighted by molar-refractivity contribution is 5.87. The van der Waals surface area contributed by atoms with Gasteiger partial charge in [0.1, 0.15) is 12.6 Å². The van der Waals surface area contributed by atoms with Crippen LogP contribution in [0.2, 0.25) is 0 Å². The van der Waals surface area contributed by atoms with Crippen molar-refractivity contribution in [1.82, 2.24) is 4.90 Å². The monoisotopic (exact) mass is 330 g/mol. The number of amides is 1. The Labute approximate surface area is 146 Å². The Kier molecular flexibility index (Phi) is 4.96. The fraction of sp³-hybridized carbons (Fsp3) is 0.143. The first-order valence-electron chi connectivity index (χ1n) is 8.01. The second-order valence-electron chi connectivity index (χ2n) is 5.75. The van der Waals surface area contributed by atoms with Crippen molar-refractivity contribution < 1.29 is 9.53 Å². The van der Waals surface area contributed by atoms with Crippen LogP contribution < -0.4 is 0 Å². The second kappa shape index (κ2) is 7.50. The highest BCUT2D eigenvalue weighted by atomic mass is 16.6. The van der Waals surface area contributed by atoms with Gasteiger partial charge in [0.15, 0.2) is 0 Å². The largest absolute Gasteiger partial charge is 0.445 e. The Balaban J connectivity index is 1.80. The Bertz CT molecular complexity index is 911. The van der Waals surface area contributed by atoms with Crippen LogP contribution in [0.5, 0.6) is 0 Å². The van der Waals surface area contributed by atoms with E-state index in [1.807, 2.05) is 72.8 Å². The first-order chi connectivity index (χ1) is 12.2. The summed E-state index contributed by atoms with van der Waals surface area (Å²) in [6, 6.07) is 24.5. The maximum atomic E-state index is 12.4. The summed E-state index contributed by atoms with van der Waals surface area (Å²) < 4.78 is 5.34. The van der Waals surface area contributed by atoms with E-state index in [2.05, 4.69) is 6.07 Å². The van der Waals surface area contributed by atoms with Gasteiger partial charge in [-0.1, -0.05) is 72.8 Å². The molecule has 4 heteroatoms. The summed E-state index contributed by atoms with van der Waals surface area (Å²) in [5.41, 5.74) is 1.70. The van der Waals surface area contributed by atoms with Crippen molar-refractivity contribution >= 4 is 16.9 Å². The highest BCUT2D eigenvalue weighted by Gasteiger charge is 2.24. The predicted octanol–water partition coefficient (Wildman–Crippen LogP) is 4.67. The number of fused-ring (bicyclic) bond motifs is 1. The average Bonchev–Trinajstić information content (AvgIpc) is 2.67. The molecule has 25 heavy (non-hydrogen) atoms. The van der Waals surface area contributed by atoms with Crippen LogP contribution in [-0.2, 0) is 11.3 Å². The van der Waals surface area contributed by atoms with Crippen LogP contribution in [0.15, 0.2) is 72.8 Å². The van der Waals surface area contributed by atoms with Crippen molar-refractivity contribution in [2.75, 3.05) is 7.05 Å². The molecule has 1 unspecified atom stereocenters. The molecule has 0 radical (unpaired) electrons. The number of benzene rings is 3. The van der Waals surface area contributed by atoms with Crippen molar-refractivity contribution in [2.24, 2.45) is 0 Å². The number of ether oxygens (including phenoxy) is 1. The van der Waals surface area contributed by atoms with E-state index in [0.29, 0.717) is 0 Å². The molecular weight excluding hydrogens is 312 g/mol. The standard InChI is InChI=1S/C21H18N2O2/c1-23(21(24)25-15-16-8-3-2-4-9-16)20(14-22)19-13-7-11-17-10-5-6-12-18(17)19/h2-13,20H,15H2,1H3. The van der Waals surface area contributed by atoms with E-state index in [9.17, 15) is 10.1 Å². The molecule has 0 aromatic heterocycles. The molecule has 0 aliphatic heterocycles. The van der Waals surface area contributed by atoms with Gasteiger partial charge in [-0.15, -0.1) is 0 Å². The van der Waals surface area contributed by atoms with E-state index in [4.69, 9.17) is 4.74 Å². The molecule has 1 atom stereocenters. The zero-order valence-corrected chi connectivity index (χ0v) is 13.9. The van der Waals surface area contributed by atoms with Gasteiger partial charge in [0, 0.05) is 7.05 Å². The van der Waals surface area contributed by atoms with Gasteiger partial charge in [-0.25, -0.2) is 4.79 Å². The first-order valence-corrected chi connectivity index (χ1v) is 8.01. The lowest BCUT2D eigenvalue weighted by Crippen LogP contribution is -2.31. The molecule has 4 nitrogen and oxygen atoms in total. The van der Waals surface area contributed by atoms with Gasteiger partial charge in [-0.2, -0.15) is 5.26 Å². The summed E-state index contributed by atoms with van der Waals surface area (Å²) in [5.74, 6) is 0. The Morgan fingerprint density at radius 3 is 2.48 bits per heavy atom. The zero-order valence-electron chi connectivity index (χ0n) is 13.9. The molecule has 0 heterocycles. The normalized spacial score (nSPS) is 11.5. The Morgan fingerprint density at radius 2 is 1.72 bits per heavy atom. The van der Waals surface area contributed by atoms with Crippen LogP contribution in [0.4, 0.5) is 4.79 Å². The summed E-state index contributed by atoms with van der Waals surface area (Å²) in [6.07, 6.45) is -0.525. The summed E-state index contributed by atoms with van der Waals surface area (Å²) in [5, 5.41) is 11.6. The third-order valence-corrected chi connectivity index (χ3v) is 4.12. The molecular formula is C21H18N2O2. The van der Waals surface area contributed by atoms with Crippen molar-refractivity contribution in [3.63, 3.8) is 0 Å². The maximum absolute atomic E-state index is 12.4. The first kappa shape index (κ1) is 16.5. The topological polar surface area (TPSA) is 53.3 Å². The summed E-state index contributed by atoms with van der Waals surface area (Å²) in [7, 11) is 1.59. The van der Waals surface area contributed by atoms with Crippen molar-refractivity contribution in [2.45, 2.75) is 12.6 Å². The number of hydrogen-bond donors (Lipinski definition) is 0. The molecule has 3 aromatic rings. The van der Waals surface area contributed by atoms with Crippen LogP contribution in [-0.4, -0.2) is 18.0 Å². The van der Waals surface area contributed by atoms with Gasteiger partial charge in [0.05, 0.1) is 6.07 Å². The third-order valence-electron chi connectivity index (χ3n) is 4.12. The second-order valence-corrected chi connectivity index (χ2v) is 5.75. The van der Waals surface area contributed by atoms with Crippen LogP contribution in [0, 0.1) is 11.3 Å². The molecule has 0 aliphatic carbocycles. The molecule has 0 aliphatic rings. The van der Waals surface area contributed by atoms with E-state index in [1.165, 1.54) is 4.90 Å². The summed E-state index contributed by atoms with van der Waals surface area (Å²) in [6.45, 7) is 0.178. The van der Waals surface area contributed by atoms with Crippen LogP contribution >= 0.6 is 0 Å². The minimum absolute atomic E-state index is 0.178. The molecule has 0 bridgehead atoms. The van der Waals surface area contributed by atoms with Gasteiger partial charge >= 0.3 is 6.09 Å². The summed E-state index contributed by atoms with van der Waals surface area (Å²) in [4.78, 5) is 13.7. The molecule has 0 spiro atoms. The molecule has 1 amide bonds. The van der Waals surface area contributed by atoms with E-state index in [1.54, 1.807) is 7.05 Å². The number of hydrogen-bond acceptors (Lipinski definition) is 3. The van der Waals surface area contributed by atoms with Crippen LogP contribution in [0.1, 0.15) is 17.2 Å². The lowest BCUT2D eigenvalue weighted by Gasteiger charge is -2.23. The van der Waals surface area contributed by atoms with E-state index in [-0.39, 0.29) is 6.61 Å². The molecule has 124 valence electrons. The lowest BCUT2D eigenvalue weighted by molar-refractivity contribution is 0.0980. The Hall–Kier alpha value is -3.32. The molecule has 0 fully saturated rings. The molecule has 3 rings (SSSR count). The number of nitrogens with zero attached hydrogens (tertiary/aromatic N) is 2. The number of rotatable bonds is 4. The predicted molar refractivity (Wildman–Crippen MR) is 96.7 cm³/mol. The molecule has 0 N–H and O–H groups in total. The smallest absolute Gasteiger partial charge is 0.411 e. The fourth-order valence-electron chi connectivity index (χ4n) is 2.78. The van der Waals surface area contributed by atoms with Gasteiger partial charge in [-0.3, -0.25) is 4.90 Å². The van der Waals surface area contributed by atoms with Crippen molar-refractivity contribution in [1.29, 1.82) is 5.26 Å². The van der Waals surface area contributed by atoms with E-state index < -0.39 is 12.1 Å². The third kappa shape index (κ3) is 3.61. The molecule has 3 aromatic carbocycles. The van der Waals surface area contributed by atoms with Gasteiger partial charge in [0.25, 0.3) is 0 Å². The van der Waals surface area contributed by atoms with E-state index in [0.717, 1.165) is 21.9 Å². The van der Waals surface area contributed by atoms with Gasteiger partial charge in [-0.05, 0) is 21.9 Å². The van der Waals surface area contributed by atoms with Crippen molar-refractivity contribution in [3.8, 4) is 6.07 Å². The fourth-order valence-corrected chi connectivity index (χ4v) is 2.78. The zero-order chi connectivity index (χ0) is 17.6. The number of carbonyl (C=O) groups is 1. The van der Waals surface area contributed by atoms with Crippen LogP contribution in [0.3, 0.4) is 0 Å². The SMILES string of the molecule is CN(C(=O)OCc1ccccc1)C(C#N)c1cccc2ccccc12. The minimum Gasteiger partial charge on any atom is -0.445 e. The minimum atomic E-state index is -0.714. The van der Waals surface area contributed by atoms with Crippen LogP contribution in [0.25, 0.3) is 10.8 Å².